The first kappa shape index (κ1) is 15.4. The van der Waals surface area contributed by atoms with Gasteiger partial charge in [0.15, 0.2) is 17.7 Å². The summed E-state index contributed by atoms with van der Waals surface area (Å²) in [7, 11) is 1.31. The minimum Gasteiger partial charge on any atom is -0.490 e. The number of rotatable bonds is 5. The van der Waals surface area contributed by atoms with Crippen molar-refractivity contribution in [3.05, 3.63) is 45.6 Å². The van der Waals surface area contributed by atoms with E-state index in [1.54, 1.807) is 13.8 Å². The van der Waals surface area contributed by atoms with Crippen LogP contribution in [0.2, 0.25) is 0 Å². The molecule has 9 nitrogen and oxygen atoms in total. The number of aromatic nitrogens is 2. The van der Waals surface area contributed by atoms with Crippen molar-refractivity contribution in [1.29, 1.82) is 0 Å². The third-order valence-electron chi connectivity index (χ3n) is 2.79. The predicted molar refractivity (Wildman–Crippen MR) is 72.5 cm³/mol. The second-order valence-corrected chi connectivity index (χ2v) is 4.37. The highest BCUT2D eigenvalue weighted by Gasteiger charge is 2.22. The SMILES string of the molecule is COc1ccc(C(=O)OC(C)c2nc(C)no2)cc1[N+](=O)[O-]. The van der Waals surface area contributed by atoms with E-state index in [2.05, 4.69) is 10.1 Å². The summed E-state index contributed by atoms with van der Waals surface area (Å²) in [5.74, 6) is -0.122. The highest BCUT2D eigenvalue weighted by Crippen LogP contribution is 2.28. The number of aryl methyl sites for hydroxylation is 1. The molecule has 0 amide bonds. The van der Waals surface area contributed by atoms with Gasteiger partial charge in [-0.25, -0.2) is 4.79 Å². The van der Waals surface area contributed by atoms with Gasteiger partial charge in [0.05, 0.1) is 17.6 Å². The van der Waals surface area contributed by atoms with E-state index in [1.807, 2.05) is 0 Å². The minimum absolute atomic E-state index is 0.0237. The second-order valence-electron chi connectivity index (χ2n) is 4.37. The van der Waals surface area contributed by atoms with Crippen molar-refractivity contribution in [2.75, 3.05) is 7.11 Å². The van der Waals surface area contributed by atoms with Gasteiger partial charge in [-0.15, -0.1) is 0 Å². The van der Waals surface area contributed by atoms with Crippen molar-refractivity contribution in [2.45, 2.75) is 20.0 Å². The molecule has 0 fully saturated rings. The number of ether oxygens (including phenoxy) is 2. The maximum atomic E-state index is 12.0. The van der Waals surface area contributed by atoms with Gasteiger partial charge >= 0.3 is 11.7 Å². The molecule has 0 spiro atoms. The summed E-state index contributed by atoms with van der Waals surface area (Å²) in [6, 6.07) is 3.79. The minimum atomic E-state index is -0.769. The Morgan fingerprint density at radius 3 is 2.73 bits per heavy atom. The molecule has 0 aliphatic heterocycles. The van der Waals surface area contributed by atoms with Gasteiger partial charge in [-0.3, -0.25) is 10.1 Å². The summed E-state index contributed by atoms with van der Waals surface area (Å²) in [4.78, 5) is 26.3. The zero-order valence-electron chi connectivity index (χ0n) is 12.1. The number of carbonyl (C=O) groups is 1. The van der Waals surface area contributed by atoms with Gasteiger partial charge in [-0.2, -0.15) is 4.98 Å². The first-order valence-electron chi connectivity index (χ1n) is 6.26. The fourth-order valence-corrected chi connectivity index (χ4v) is 1.72. The van der Waals surface area contributed by atoms with E-state index in [1.165, 1.54) is 19.2 Å². The molecular weight excluding hydrogens is 294 g/mol. The van der Waals surface area contributed by atoms with Gasteiger partial charge in [0.1, 0.15) is 0 Å². The van der Waals surface area contributed by atoms with E-state index < -0.39 is 17.0 Å². The van der Waals surface area contributed by atoms with E-state index in [-0.39, 0.29) is 22.9 Å². The quantitative estimate of drug-likeness (QED) is 0.468. The first-order valence-corrected chi connectivity index (χ1v) is 6.26. The number of benzene rings is 1. The topological polar surface area (TPSA) is 118 Å². The van der Waals surface area contributed by atoms with Crippen LogP contribution in [0.25, 0.3) is 0 Å². The summed E-state index contributed by atoms with van der Waals surface area (Å²) < 4.78 is 14.9. The normalized spacial score (nSPS) is 11.8. The summed E-state index contributed by atoms with van der Waals surface area (Å²) in [6.07, 6.45) is -0.769. The zero-order chi connectivity index (χ0) is 16.3. The Morgan fingerprint density at radius 1 is 1.45 bits per heavy atom. The molecule has 116 valence electrons. The summed E-state index contributed by atoms with van der Waals surface area (Å²) in [6.45, 7) is 3.19. The molecule has 0 N–H and O–H groups in total. The molecule has 1 aromatic heterocycles. The molecule has 0 aliphatic rings. The summed E-state index contributed by atoms with van der Waals surface area (Å²) >= 11 is 0. The van der Waals surface area contributed by atoms with Crippen molar-refractivity contribution >= 4 is 11.7 Å². The molecule has 0 aliphatic carbocycles. The third-order valence-corrected chi connectivity index (χ3v) is 2.79. The molecule has 1 aromatic carbocycles. The highest BCUT2D eigenvalue weighted by molar-refractivity contribution is 5.90. The van der Waals surface area contributed by atoms with Gasteiger partial charge in [0.25, 0.3) is 5.89 Å². The lowest BCUT2D eigenvalue weighted by Gasteiger charge is -2.09. The lowest BCUT2D eigenvalue weighted by molar-refractivity contribution is -0.385. The maximum absolute atomic E-state index is 12.0. The van der Waals surface area contributed by atoms with Crippen LogP contribution in [0.15, 0.2) is 22.7 Å². The number of esters is 1. The van der Waals surface area contributed by atoms with Crippen LogP contribution in [0, 0.1) is 17.0 Å². The molecule has 2 aromatic rings. The average molecular weight is 307 g/mol. The average Bonchev–Trinajstić information content (AvgIpc) is 2.93. The molecule has 2 rings (SSSR count). The number of hydrogen-bond acceptors (Lipinski definition) is 8. The Balaban J connectivity index is 2.19. The molecule has 0 bridgehead atoms. The third kappa shape index (κ3) is 3.19. The van der Waals surface area contributed by atoms with Crippen LogP contribution in [0.5, 0.6) is 5.75 Å². The Labute approximate surface area is 125 Å². The van der Waals surface area contributed by atoms with E-state index in [9.17, 15) is 14.9 Å². The number of hydrogen-bond donors (Lipinski definition) is 0. The number of nitrogens with zero attached hydrogens (tertiary/aromatic N) is 3. The Hall–Kier alpha value is -2.97. The highest BCUT2D eigenvalue weighted by atomic mass is 16.6. The monoisotopic (exact) mass is 307 g/mol. The van der Waals surface area contributed by atoms with Crippen LogP contribution in [-0.2, 0) is 4.74 Å². The fourth-order valence-electron chi connectivity index (χ4n) is 1.72. The molecule has 1 heterocycles. The Morgan fingerprint density at radius 2 is 2.18 bits per heavy atom. The van der Waals surface area contributed by atoms with E-state index in [0.717, 1.165) is 6.07 Å². The molecular formula is C13H13N3O6. The van der Waals surface area contributed by atoms with Crippen molar-refractivity contribution in [2.24, 2.45) is 0 Å². The molecule has 0 saturated carbocycles. The van der Waals surface area contributed by atoms with Crippen LogP contribution in [0.3, 0.4) is 0 Å². The number of carbonyl (C=O) groups excluding carboxylic acids is 1. The Kier molecular flexibility index (Phi) is 4.35. The van der Waals surface area contributed by atoms with E-state index in [4.69, 9.17) is 14.0 Å². The van der Waals surface area contributed by atoms with Gasteiger partial charge in [0.2, 0.25) is 0 Å². The second kappa shape index (κ2) is 6.20. The van der Waals surface area contributed by atoms with Crippen molar-refractivity contribution in [3.8, 4) is 5.75 Å². The lowest BCUT2D eigenvalue weighted by Crippen LogP contribution is -2.10. The van der Waals surface area contributed by atoms with E-state index >= 15 is 0 Å². The standard InChI is InChI=1S/C13H13N3O6/c1-7(12-14-8(2)15-22-12)21-13(17)9-4-5-11(20-3)10(6-9)16(18)19/h4-7H,1-3H3. The molecule has 0 saturated heterocycles. The summed E-state index contributed by atoms with van der Waals surface area (Å²) in [5.41, 5.74) is -0.297. The molecule has 9 heteroatoms. The van der Waals surface area contributed by atoms with Crippen LogP contribution >= 0.6 is 0 Å². The largest absolute Gasteiger partial charge is 0.490 e. The van der Waals surface area contributed by atoms with Crippen LogP contribution < -0.4 is 4.74 Å². The predicted octanol–water partition coefficient (Wildman–Crippen LogP) is 2.21. The summed E-state index contributed by atoms with van der Waals surface area (Å²) in [5, 5.41) is 14.5. The van der Waals surface area contributed by atoms with Gasteiger partial charge < -0.3 is 14.0 Å². The number of methoxy groups -OCH3 is 1. The molecule has 1 unspecified atom stereocenters. The van der Waals surface area contributed by atoms with Gasteiger partial charge in [-0.1, -0.05) is 5.16 Å². The molecule has 0 radical (unpaired) electrons. The van der Waals surface area contributed by atoms with Gasteiger partial charge in [-0.05, 0) is 26.0 Å². The van der Waals surface area contributed by atoms with Gasteiger partial charge in [0, 0.05) is 6.07 Å². The van der Waals surface area contributed by atoms with Crippen LogP contribution in [-0.4, -0.2) is 28.1 Å². The van der Waals surface area contributed by atoms with Crippen molar-refractivity contribution in [3.63, 3.8) is 0 Å². The zero-order valence-corrected chi connectivity index (χ0v) is 12.1. The lowest BCUT2D eigenvalue weighted by atomic mass is 10.2. The van der Waals surface area contributed by atoms with E-state index in [0.29, 0.717) is 5.82 Å². The molecule has 1 atom stereocenters. The number of nitro benzene ring substituents is 1. The van der Waals surface area contributed by atoms with Crippen molar-refractivity contribution in [1.82, 2.24) is 10.1 Å². The molecule has 22 heavy (non-hydrogen) atoms. The Bertz CT molecular complexity index is 712. The smallest absolute Gasteiger partial charge is 0.339 e. The van der Waals surface area contributed by atoms with Crippen LogP contribution in [0.4, 0.5) is 5.69 Å². The number of nitro groups is 1. The maximum Gasteiger partial charge on any atom is 0.339 e. The first-order chi connectivity index (χ1) is 10.4. The fraction of sp³-hybridized carbons (Fsp3) is 0.308. The van der Waals surface area contributed by atoms with Crippen LogP contribution in [0.1, 0.15) is 35.1 Å². The van der Waals surface area contributed by atoms with Crippen molar-refractivity contribution < 1.29 is 23.7 Å².